The van der Waals surface area contributed by atoms with Gasteiger partial charge in [-0.1, -0.05) is 38.6 Å². The third kappa shape index (κ3) is 4.70. The summed E-state index contributed by atoms with van der Waals surface area (Å²) in [6.07, 6.45) is 1.15. The molecular formula is C17H24FN3OS. The number of amidine groups is 1. The summed E-state index contributed by atoms with van der Waals surface area (Å²) in [5, 5.41) is 3.22. The van der Waals surface area contributed by atoms with Gasteiger partial charge in [-0.3, -0.25) is 9.79 Å². The molecule has 0 aromatic heterocycles. The van der Waals surface area contributed by atoms with Crippen molar-refractivity contribution in [3.63, 3.8) is 0 Å². The van der Waals surface area contributed by atoms with E-state index in [1.807, 2.05) is 27.7 Å². The lowest BCUT2D eigenvalue weighted by Gasteiger charge is -2.30. The van der Waals surface area contributed by atoms with E-state index >= 15 is 0 Å². The molecule has 3 N–H and O–H groups in total. The van der Waals surface area contributed by atoms with Crippen LogP contribution in [0.4, 0.5) is 10.1 Å². The molecule has 1 unspecified atom stereocenters. The first-order valence-electron chi connectivity index (χ1n) is 7.67. The van der Waals surface area contributed by atoms with E-state index < -0.39 is 11.4 Å². The molecule has 1 atom stereocenters. The number of carbonyl (C=O) groups is 1. The molecule has 1 heterocycles. The fraction of sp³-hybridized carbons (Fsp3) is 0.529. The SMILES string of the molecule is CC(C)(C)CC(=O)Nc1cc(C2(C)CCSC(N)=N2)ccc1F. The number of hydrogen-bond acceptors (Lipinski definition) is 4. The van der Waals surface area contributed by atoms with Gasteiger partial charge >= 0.3 is 0 Å². The molecule has 2 rings (SSSR count). The first-order valence-corrected chi connectivity index (χ1v) is 8.66. The molecule has 0 bridgehead atoms. The van der Waals surface area contributed by atoms with E-state index in [1.54, 1.807) is 12.1 Å². The number of carbonyl (C=O) groups excluding carboxylic acids is 1. The molecule has 23 heavy (non-hydrogen) atoms. The average Bonchev–Trinajstić information content (AvgIpc) is 2.38. The van der Waals surface area contributed by atoms with Crippen molar-refractivity contribution in [2.24, 2.45) is 16.1 Å². The number of aliphatic imine (C=N–C) groups is 1. The topological polar surface area (TPSA) is 67.5 Å². The molecule has 1 aliphatic heterocycles. The van der Waals surface area contributed by atoms with Gasteiger partial charge in [0.1, 0.15) is 5.82 Å². The number of benzene rings is 1. The van der Waals surface area contributed by atoms with Crippen LogP contribution in [0.5, 0.6) is 0 Å². The van der Waals surface area contributed by atoms with Gasteiger partial charge in [-0.05, 0) is 36.5 Å². The Morgan fingerprint density at radius 2 is 2.17 bits per heavy atom. The molecule has 126 valence electrons. The smallest absolute Gasteiger partial charge is 0.224 e. The second-order valence-electron chi connectivity index (χ2n) is 7.30. The van der Waals surface area contributed by atoms with Crippen molar-refractivity contribution in [1.82, 2.24) is 0 Å². The Labute approximate surface area is 141 Å². The highest BCUT2D eigenvalue weighted by Crippen LogP contribution is 2.36. The van der Waals surface area contributed by atoms with Gasteiger partial charge in [-0.2, -0.15) is 0 Å². The Morgan fingerprint density at radius 1 is 1.48 bits per heavy atom. The van der Waals surface area contributed by atoms with Crippen LogP contribution in [0.15, 0.2) is 23.2 Å². The number of nitrogens with two attached hydrogens (primary N) is 1. The van der Waals surface area contributed by atoms with Crippen LogP contribution < -0.4 is 11.1 Å². The van der Waals surface area contributed by atoms with Gasteiger partial charge in [0.25, 0.3) is 0 Å². The van der Waals surface area contributed by atoms with Gasteiger partial charge in [0.15, 0.2) is 5.17 Å². The zero-order valence-electron chi connectivity index (χ0n) is 14.1. The normalized spacial score (nSPS) is 21.7. The van der Waals surface area contributed by atoms with Crippen LogP contribution in [-0.2, 0) is 10.3 Å². The maximum absolute atomic E-state index is 14.1. The summed E-state index contributed by atoms with van der Waals surface area (Å²) in [4.78, 5) is 16.6. The van der Waals surface area contributed by atoms with Crippen LogP contribution >= 0.6 is 11.8 Å². The second kappa shape index (κ2) is 6.51. The number of thioether (sulfide) groups is 1. The number of amides is 1. The van der Waals surface area contributed by atoms with Crippen LogP contribution in [0.25, 0.3) is 0 Å². The first kappa shape index (κ1) is 17.8. The number of halogens is 1. The molecule has 0 saturated heterocycles. The molecule has 1 amide bonds. The minimum atomic E-state index is -0.480. The van der Waals surface area contributed by atoms with Crippen molar-refractivity contribution >= 4 is 28.5 Å². The average molecular weight is 337 g/mol. The van der Waals surface area contributed by atoms with Crippen LogP contribution in [0, 0.1) is 11.2 Å². The fourth-order valence-corrected chi connectivity index (χ4v) is 3.50. The van der Waals surface area contributed by atoms with Crippen LogP contribution in [0.2, 0.25) is 0 Å². The maximum atomic E-state index is 14.1. The van der Waals surface area contributed by atoms with Crippen molar-refractivity contribution in [3.8, 4) is 0 Å². The third-order valence-electron chi connectivity index (χ3n) is 3.75. The van der Waals surface area contributed by atoms with Gasteiger partial charge in [0.05, 0.1) is 11.2 Å². The Hall–Kier alpha value is -1.56. The van der Waals surface area contributed by atoms with Crippen molar-refractivity contribution < 1.29 is 9.18 Å². The first-order chi connectivity index (χ1) is 10.6. The highest BCUT2D eigenvalue weighted by Gasteiger charge is 2.30. The number of anilines is 1. The molecule has 0 saturated carbocycles. The van der Waals surface area contributed by atoms with Crippen molar-refractivity contribution in [1.29, 1.82) is 0 Å². The largest absolute Gasteiger partial charge is 0.379 e. The lowest BCUT2D eigenvalue weighted by molar-refractivity contribution is -0.117. The minimum absolute atomic E-state index is 0.149. The van der Waals surface area contributed by atoms with Crippen LogP contribution in [-0.4, -0.2) is 16.8 Å². The standard InChI is InChI=1S/C17H24FN3OS/c1-16(2,3)10-14(22)20-13-9-11(5-6-12(13)18)17(4)7-8-23-15(19)21-17/h5-6,9H,7-8,10H2,1-4H3,(H2,19,21)(H,20,22). The molecule has 0 aliphatic carbocycles. The van der Waals surface area contributed by atoms with E-state index in [0.717, 1.165) is 17.7 Å². The Morgan fingerprint density at radius 3 is 2.78 bits per heavy atom. The number of nitrogens with one attached hydrogen (secondary N) is 1. The number of rotatable bonds is 3. The number of hydrogen-bond donors (Lipinski definition) is 2. The minimum Gasteiger partial charge on any atom is -0.379 e. The highest BCUT2D eigenvalue weighted by molar-refractivity contribution is 8.13. The Bertz CT molecular complexity index is 639. The molecule has 6 heteroatoms. The zero-order chi connectivity index (χ0) is 17.3. The quantitative estimate of drug-likeness (QED) is 0.880. The van der Waals surface area contributed by atoms with E-state index in [9.17, 15) is 9.18 Å². The van der Waals surface area contributed by atoms with Gasteiger partial charge in [0.2, 0.25) is 5.91 Å². The summed E-state index contributed by atoms with van der Waals surface area (Å²) < 4.78 is 14.1. The molecule has 0 fully saturated rings. The molecule has 4 nitrogen and oxygen atoms in total. The lowest BCUT2D eigenvalue weighted by atomic mass is 9.89. The van der Waals surface area contributed by atoms with Crippen molar-refractivity contribution in [2.75, 3.05) is 11.1 Å². The molecule has 1 aromatic rings. The summed E-state index contributed by atoms with van der Waals surface area (Å²) in [7, 11) is 0. The fourth-order valence-electron chi connectivity index (χ4n) is 2.53. The maximum Gasteiger partial charge on any atom is 0.224 e. The summed E-state index contributed by atoms with van der Waals surface area (Å²) in [5.41, 5.74) is 6.26. The van der Waals surface area contributed by atoms with E-state index in [0.29, 0.717) is 11.6 Å². The van der Waals surface area contributed by atoms with Crippen LogP contribution in [0.1, 0.15) is 46.1 Å². The van der Waals surface area contributed by atoms with Gasteiger partial charge in [0, 0.05) is 12.2 Å². The molecule has 1 aliphatic rings. The molecule has 0 radical (unpaired) electrons. The van der Waals surface area contributed by atoms with E-state index in [2.05, 4.69) is 10.3 Å². The lowest BCUT2D eigenvalue weighted by Crippen LogP contribution is -2.29. The third-order valence-corrected chi connectivity index (χ3v) is 4.54. The number of nitrogens with zero attached hydrogens (tertiary/aromatic N) is 1. The Balaban J connectivity index is 2.26. The van der Waals surface area contributed by atoms with Gasteiger partial charge in [-0.15, -0.1) is 0 Å². The summed E-state index contributed by atoms with van der Waals surface area (Å²) in [6, 6.07) is 4.75. The monoisotopic (exact) mass is 337 g/mol. The molecule has 0 spiro atoms. The van der Waals surface area contributed by atoms with Gasteiger partial charge in [-0.25, -0.2) is 4.39 Å². The molecular weight excluding hydrogens is 313 g/mol. The summed E-state index contributed by atoms with van der Waals surface area (Å²) in [5.74, 6) is 0.234. The van der Waals surface area contributed by atoms with Crippen LogP contribution in [0.3, 0.4) is 0 Å². The van der Waals surface area contributed by atoms with Crippen molar-refractivity contribution in [2.45, 2.75) is 46.1 Å². The van der Waals surface area contributed by atoms with E-state index in [-0.39, 0.29) is 17.0 Å². The summed E-state index contributed by atoms with van der Waals surface area (Å²) in [6.45, 7) is 7.89. The van der Waals surface area contributed by atoms with E-state index in [1.165, 1.54) is 17.8 Å². The zero-order valence-corrected chi connectivity index (χ0v) is 14.9. The second-order valence-corrected chi connectivity index (χ2v) is 8.42. The Kier molecular flexibility index (Phi) is 5.04. The molecule has 1 aromatic carbocycles. The van der Waals surface area contributed by atoms with E-state index in [4.69, 9.17) is 5.73 Å². The highest BCUT2D eigenvalue weighted by atomic mass is 32.2. The summed E-state index contributed by atoms with van der Waals surface area (Å²) >= 11 is 1.52. The predicted molar refractivity (Wildman–Crippen MR) is 95.2 cm³/mol. The predicted octanol–water partition coefficient (Wildman–Crippen LogP) is 3.87. The van der Waals surface area contributed by atoms with Gasteiger partial charge < -0.3 is 11.1 Å². The van der Waals surface area contributed by atoms with Crippen molar-refractivity contribution in [3.05, 3.63) is 29.6 Å².